The van der Waals surface area contributed by atoms with Gasteiger partial charge in [-0.2, -0.15) is 13.2 Å². The first-order valence-electron chi connectivity index (χ1n) is 7.66. The Morgan fingerprint density at radius 3 is 2.44 bits per heavy atom. The quantitative estimate of drug-likeness (QED) is 0.722. The van der Waals surface area contributed by atoms with Crippen LogP contribution in [0.1, 0.15) is 18.4 Å². The minimum absolute atomic E-state index is 0.00845. The van der Waals surface area contributed by atoms with Crippen molar-refractivity contribution in [2.24, 2.45) is 0 Å². The summed E-state index contributed by atoms with van der Waals surface area (Å²) in [5, 5.41) is 3.24. The van der Waals surface area contributed by atoms with Gasteiger partial charge in [0.2, 0.25) is 5.91 Å². The Balaban J connectivity index is 1.84. The molecule has 0 saturated heterocycles. The fourth-order valence-corrected chi connectivity index (χ4v) is 2.30. The largest absolute Gasteiger partial charge is 0.482 e. The van der Waals surface area contributed by atoms with Crippen LogP contribution in [0.3, 0.4) is 0 Å². The number of aryl methyl sites for hydroxylation is 1. The van der Waals surface area contributed by atoms with Crippen LogP contribution in [-0.2, 0) is 11.2 Å². The van der Waals surface area contributed by atoms with Crippen LogP contribution in [0.5, 0.6) is 5.75 Å². The number of halogens is 4. The van der Waals surface area contributed by atoms with Crippen molar-refractivity contribution >= 4 is 23.2 Å². The molecule has 134 valence electrons. The number of hydrogen-bond acceptors (Lipinski definition) is 2. The Kier molecular flexibility index (Phi) is 6.70. The molecule has 0 radical (unpaired) electrons. The number of nitrogens with one attached hydrogen (secondary N) is 1. The van der Waals surface area contributed by atoms with E-state index >= 15 is 0 Å². The molecule has 2 rings (SSSR count). The number of alkyl halides is 3. The molecule has 7 heteroatoms. The zero-order valence-corrected chi connectivity index (χ0v) is 14.0. The molecule has 0 heterocycles. The molecule has 3 nitrogen and oxygen atoms in total. The molecule has 0 fully saturated rings. The lowest BCUT2D eigenvalue weighted by Crippen LogP contribution is -2.20. The highest BCUT2D eigenvalue weighted by molar-refractivity contribution is 6.30. The summed E-state index contributed by atoms with van der Waals surface area (Å²) in [6, 6.07) is 13.4. The SMILES string of the molecule is O=C(CCCc1ccc(Cl)cc1)Nc1ccccc1OCC(F)(F)F. The lowest BCUT2D eigenvalue weighted by Gasteiger charge is -2.13. The first kappa shape index (κ1) is 19.1. The van der Waals surface area contributed by atoms with E-state index in [9.17, 15) is 18.0 Å². The fourth-order valence-electron chi connectivity index (χ4n) is 2.17. The molecule has 0 saturated carbocycles. The minimum atomic E-state index is -4.43. The van der Waals surface area contributed by atoms with E-state index < -0.39 is 12.8 Å². The predicted molar refractivity (Wildman–Crippen MR) is 91.0 cm³/mol. The number of benzene rings is 2. The second kappa shape index (κ2) is 8.76. The molecule has 0 bridgehead atoms. The summed E-state index contributed by atoms with van der Waals surface area (Å²) in [5.74, 6) is -0.289. The van der Waals surface area contributed by atoms with Gasteiger partial charge in [-0.3, -0.25) is 4.79 Å². The van der Waals surface area contributed by atoms with Gasteiger partial charge in [0.25, 0.3) is 0 Å². The average Bonchev–Trinajstić information content (AvgIpc) is 2.55. The maximum Gasteiger partial charge on any atom is 0.422 e. The van der Waals surface area contributed by atoms with E-state index in [4.69, 9.17) is 16.3 Å². The second-order valence-electron chi connectivity index (χ2n) is 5.43. The van der Waals surface area contributed by atoms with Gasteiger partial charge < -0.3 is 10.1 Å². The van der Waals surface area contributed by atoms with E-state index in [-0.39, 0.29) is 23.8 Å². The van der Waals surface area contributed by atoms with Crippen LogP contribution < -0.4 is 10.1 Å². The average molecular weight is 372 g/mol. The second-order valence-corrected chi connectivity index (χ2v) is 5.86. The number of para-hydroxylation sites is 2. The van der Waals surface area contributed by atoms with Crippen LogP contribution >= 0.6 is 11.6 Å². The van der Waals surface area contributed by atoms with Crippen LogP contribution in [0, 0.1) is 0 Å². The van der Waals surface area contributed by atoms with Crippen molar-refractivity contribution in [3.8, 4) is 5.75 Å². The van der Waals surface area contributed by atoms with E-state index in [0.29, 0.717) is 17.9 Å². The van der Waals surface area contributed by atoms with Crippen LogP contribution in [0.4, 0.5) is 18.9 Å². The van der Waals surface area contributed by atoms with Gasteiger partial charge in [-0.25, -0.2) is 0 Å². The van der Waals surface area contributed by atoms with E-state index in [2.05, 4.69) is 5.32 Å². The molecule has 1 N–H and O–H groups in total. The normalized spacial score (nSPS) is 11.2. The first-order valence-corrected chi connectivity index (χ1v) is 8.04. The zero-order valence-electron chi connectivity index (χ0n) is 13.3. The molecule has 25 heavy (non-hydrogen) atoms. The third-order valence-corrected chi connectivity index (χ3v) is 3.59. The van der Waals surface area contributed by atoms with Gasteiger partial charge in [0.05, 0.1) is 5.69 Å². The van der Waals surface area contributed by atoms with E-state index in [0.717, 1.165) is 5.56 Å². The Morgan fingerprint density at radius 1 is 1.08 bits per heavy atom. The van der Waals surface area contributed by atoms with Crippen molar-refractivity contribution in [2.45, 2.75) is 25.4 Å². The molecule has 2 aromatic carbocycles. The minimum Gasteiger partial charge on any atom is -0.482 e. The van der Waals surface area contributed by atoms with Gasteiger partial charge in [0.15, 0.2) is 6.61 Å². The number of hydrogen-bond donors (Lipinski definition) is 1. The molecular weight excluding hydrogens is 355 g/mol. The van der Waals surface area contributed by atoms with Crippen LogP contribution in [0.15, 0.2) is 48.5 Å². The van der Waals surface area contributed by atoms with Crippen molar-refractivity contribution in [1.82, 2.24) is 0 Å². The summed E-state index contributed by atoms with van der Waals surface area (Å²) in [5.41, 5.74) is 1.29. The van der Waals surface area contributed by atoms with Crippen molar-refractivity contribution in [3.63, 3.8) is 0 Å². The highest BCUT2D eigenvalue weighted by atomic mass is 35.5. The van der Waals surface area contributed by atoms with E-state index in [1.165, 1.54) is 12.1 Å². The summed E-state index contributed by atoms with van der Waals surface area (Å²) < 4.78 is 41.5. The number of amides is 1. The summed E-state index contributed by atoms with van der Waals surface area (Å²) in [4.78, 5) is 12.0. The maximum absolute atomic E-state index is 12.3. The monoisotopic (exact) mass is 371 g/mol. The third kappa shape index (κ3) is 7.05. The highest BCUT2D eigenvalue weighted by Gasteiger charge is 2.28. The van der Waals surface area contributed by atoms with Crippen molar-refractivity contribution in [2.75, 3.05) is 11.9 Å². The standard InChI is InChI=1S/C18H17ClF3NO2/c19-14-10-8-13(9-11-14)4-3-7-17(24)23-15-5-1-2-6-16(15)25-12-18(20,21)22/h1-2,5-6,8-11H,3-4,7,12H2,(H,23,24). The molecule has 0 atom stereocenters. The molecule has 0 aliphatic rings. The van der Waals surface area contributed by atoms with Crippen molar-refractivity contribution in [3.05, 3.63) is 59.1 Å². The van der Waals surface area contributed by atoms with Crippen LogP contribution in [0.25, 0.3) is 0 Å². The molecule has 0 unspecified atom stereocenters. The van der Waals surface area contributed by atoms with Gasteiger partial charge in [0.1, 0.15) is 5.75 Å². The van der Waals surface area contributed by atoms with Gasteiger partial charge in [-0.1, -0.05) is 35.9 Å². The van der Waals surface area contributed by atoms with Gasteiger partial charge >= 0.3 is 6.18 Å². The zero-order chi connectivity index (χ0) is 18.3. The molecule has 0 spiro atoms. The van der Waals surface area contributed by atoms with Crippen molar-refractivity contribution < 1.29 is 22.7 Å². The summed E-state index contributed by atoms with van der Waals surface area (Å²) in [6.45, 7) is -1.41. The third-order valence-electron chi connectivity index (χ3n) is 3.34. The molecule has 0 aliphatic heterocycles. The summed E-state index contributed by atoms with van der Waals surface area (Å²) >= 11 is 5.81. The lowest BCUT2D eigenvalue weighted by molar-refractivity contribution is -0.153. The predicted octanol–water partition coefficient (Wildman–Crippen LogP) is 5.24. The first-order chi connectivity index (χ1) is 11.8. The number of carbonyl (C=O) groups is 1. The summed E-state index contributed by atoms with van der Waals surface area (Å²) in [7, 11) is 0. The Hall–Kier alpha value is -2.21. The molecular formula is C18H17ClF3NO2. The number of ether oxygens (including phenoxy) is 1. The lowest BCUT2D eigenvalue weighted by atomic mass is 10.1. The number of rotatable bonds is 7. The smallest absolute Gasteiger partial charge is 0.422 e. The number of anilines is 1. The van der Waals surface area contributed by atoms with Crippen LogP contribution in [0.2, 0.25) is 5.02 Å². The van der Waals surface area contributed by atoms with E-state index in [1.807, 2.05) is 12.1 Å². The summed E-state index contributed by atoms with van der Waals surface area (Å²) in [6.07, 6.45) is -2.87. The highest BCUT2D eigenvalue weighted by Crippen LogP contribution is 2.26. The number of carbonyl (C=O) groups excluding carboxylic acids is 1. The van der Waals surface area contributed by atoms with Crippen LogP contribution in [-0.4, -0.2) is 18.7 Å². The molecule has 1 amide bonds. The molecule has 0 aliphatic carbocycles. The Bertz CT molecular complexity index is 702. The van der Waals surface area contributed by atoms with Gasteiger partial charge in [-0.05, 0) is 42.7 Å². The fraction of sp³-hybridized carbons (Fsp3) is 0.278. The Labute approximate surface area is 148 Å². The van der Waals surface area contributed by atoms with Crippen molar-refractivity contribution in [1.29, 1.82) is 0 Å². The topological polar surface area (TPSA) is 38.3 Å². The molecule has 2 aromatic rings. The van der Waals surface area contributed by atoms with Gasteiger partial charge in [-0.15, -0.1) is 0 Å². The van der Waals surface area contributed by atoms with Gasteiger partial charge in [0, 0.05) is 11.4 Å². The Morgan fingerprint density at radius 2 is 1.76 bits per heavy atom. The maximum atomic E-state index is 12.3. The van der Waals surface area contributed by atoms with E-state index in [1.54, 1.807) is 24.3 Å². The molecule has 0 aromatic heterocycles.